The molecule has 8 heteroatoms. The number of aliphatic imine (C=N–C) groups is 1. The Labute approximate surface area is 219 Å². The van der Waals surface area contributed by atoms with Crippen LogP contribution in [0.25, 0.3) is 0 Å². The highest BCUT2D eigenvalue weighted by Gasteiger charge is 2.35. The number of nitrogens with two attached hydrogens (primary N) is 1. The van der Waals surface area contributed by atoms with Crippen LogP contribution in [0.4, 0.5) is 5.69 Å². The summed E-state index contributed by atoms with van der Waals surface area (Å²) >= 11 is 0. The third-order valence-corrected chi connectivity index (χ3v) is 7.63. The van der Waals surface area contributed by atoms with Gasteiger partial charge in [-0.15, -0.1) is 0 Å². The molecule has 1 amide bonds. The van der Waals surface area contributed by atoms with Crippen molar-refractivity contribution in [2.45, 2.75) is 76.4 Å². The number of ether oxygens (including phenoxy) is 1. The van der Waals surface area contributed by atoms with Crippen molar-refractivity contribution in [2.24, 2.45) is 10.7 Å². The van der Waals surface area contributed by atoms with Crippen LogP contribution < -0.4 is 10.5 Å². The van der Waals surface area contributed by atoms with E-state index in [4.69, 9.17) is 10.5 Å². The highest BCUT2D eigenvalue weighted by atomic mass is 16.5. The molecule has 0 aromatic heterocycles. The molecule has 0 spiro atoms. The average Bonchev–Trinajstić information content (AvgIpc) is 2.91. The number of carboxylic acids is 1. The van der Waals surface area contributed by atoms with Gasteiger partial charge in [0.05, 0.1) is 12.3 Å². The number of hydrogen-bond donors (Lipinski definition) is 2. The maximum absolute atomic E-state index is 12.6. The summed E-state index contributed by atoms with van der Waals surface area (Å²) in [4.78, 5) is 32.9. The molecule has 3 N–H and O–H groups in total. The minimum atomic E-state index is -0.951. The van der Waals surface area contributed by atoms with Crippen LogP contribution in [0.3, 0.4) is 0 Å². The molecule has 2 aliphatic rings. The fourth-order valence-corrected chi connectivity index (χ4v) is 5.40. The van der Waals surface area contributed by atoms with E-state index in [2.05, 4.69) is 4.99 Å². The lowest BCUT2D eigenvalue weighted by Crippen LogP contribution is -2.51. The largest absolute Gasteiger partial charge is 0.494 e. The molecule has 8 nitrogen and oxygen atoms in total. The van der Waals surface area contributed by atoms with Crippen molar-refractivity contribution in [2.75, 3.05) is 13.7 Å². The van der Waals surface area contributed by atoms with Gasteiger partial charge < -0.3 is 25.4 Å². The number of hydrogen-bond acceptors (Lipinski definition) is 6. The topological polar surface area (TPSA) is 108 Å². The Morgan fingerprint density at radius 1 is 1.16 bits per heavy atom. The number of carbonyl (C=O) groups excluding carboxylic acids is 1. The monoisotopic (exact) mass is 506 g/mol. The second-order valence-electron chi connectivity index (χ2n) is 10.1. The van der Waals surface area contributed by atoms with Gasteiger partial charge in [0, 0.05) is 37.5 Å². The number of benzene rings is 2. The number of nitrogens with zero attached hydrogens (tertiary/aromatic N) is 3. The van der Waals surface area contributed by atoms with Crippen LogP contribution in [-0.2, 0) is 16.1 Å². The molecular formula is C29H38N4O4. The molecule has 2 unspecified atom stereocenters. The van der Waals surface area contributed by atoms with Crippen molar-refractivity contribution in [3.05, 3.63) is 59.7 Å². The highest BCUT2D eigenvalue weighted by Crippen LogP contribution is 2.33. The van der Waals surface area contributed by atoms with E-state index >= 15 is 0 Å². The molecule has 1 fully saturated rings. The first-order valence-electron chi connectivity index (χ1n) is 13.2. The van der Waals surface area contributed by atoms with E-state index in [0.717, 1.165) is 24.0 Å². The maximum atomic E-state index is 12.6. The predicted molar refractivity (Wildman–Crippen MR) is 144 cm³/mol. The molecule has 2 aromatic carbocycles. The number of rotatable bonds is 10. The third kappa shape index (κ3) is 6.42. The quantitative estimate of drug-likeness (QED) is 0.454. The maximum Gasteiger partial charge on any atom is 0.327 e. The first kappa shape index (κ1) is 26.5. The molecule has 2 aromatic rings. The van der Waals surface area contributed by atoms with E-state index in [1.165, 1.54) is 19.3 Å². The average molecular weight is 507 g/mol. The van der Waals surface area contributed by atoms with Crippen molar-refractivity contribution in [3.8, 4) is 5.75 Å². The molecule has 1 aliphatic carbocycles. The second-order valence-corrected chi connectivity index (χ2v) is 10.1. The number of amides is 1. The Bertz CT molecular complexity index is 1110. The van der Waals surface area contributed by atoms with Gasteiger partial charge in [-0.25, -0.2) is 9.79 Å². The summed E-state index contributed by atoms with van der Waals surface area (Å²) in [6.45, 7) is 2.64. The first-order valence-corrected chi connectivity index (χ1v) is 13.2. The van der Waals surface area contributed by atoms with Crippen molar-refractivity contribution < 1.29 is 19.4 Å². The fourth-order valence-electron chi connectivity index (χ4n) is 5.40. The van der Waals surface area contributed by atoms with Gasteiger partial charge in [-0.3, -0.25) is 4.79 Å². The van der Waals surface area contributed by atoms with Crippen molar-refractivity contribution in [1.29, 1.82) is 0 Å². The van der Waals surface area contributed by atoms with Gasteiger partial charge in [-0.2, -0.15) is 0 Å². The van der Waals surface area contributed by atoms with Crippen LogP contribution >= 0.6 is 0 Å². The Kier molecular flexibility index (Phi) is 8.69. The van der Waals surface area contributed by atoms with Crippen LogP contribution in [0.15, 0.2) is 53.5 Å². The minimum absolute atomic E-state index is 0.175. The zero-order valence-electron chi connectivity index (χ0n) is 21.8. The Morgan fingerprint density at radius 3 is 2.59 bits per heavy atom. The van der Waals surface area contributed by atoms with Crippen LogP contribution in [0, 0.1) is 0 Å². The molecule has 0 bridgehead atoms. The van der Waals surface area contributed by atoms with Gasteiger partial charge in [-0.1, -0.05) is 56.5 Å². The van der Waals surface area contributed by atoms with Gasteiger partial charge in [-0.05, 0) is 43.0 Å². The molecule has 1 saturated carbocycles. The van der Waals surface area contributed by atoms with E-state index < -0.39 is 12.0 Å². The SMILES string of the molecule is CC(c1ccccc1)C(C(=O)O)N1Cc2cc(OCCCC(=O)N(C)C3CCCCC3)ccc2N=C1N. The smallest absolute Gasteiger partial charge is 0.327 e. The summed E-state index contributed by atoms with van der Waals surface area (Å²) in [6, 6.07) is 14.6. The van der Waals surface area contributed by atoms with E-state index in [1.54, 1.807) is 4.90 Å². The summed E-state index contributed by atoms with van der Waals surface area (Å²) in [5.41, 5.74) is 8.73. The summed E-state index contributed by atoms with van der Waals surface area (Å²) in [6.07, 6.45) is 6.98. The van der Waals surface area contributed by atoms with Crippen LogP contribution in [0.5, 0.6) is 5.75 Å². The van der Waals surface area contributed by atoms with E-state index in [1.807, 2.05) is 67.4 Å². The van der Waals surface area contributed by atoms with Crippen LogP contribution in [-0.4, -0.2) is 58.5 Å². The van der Waals surface area contributed by atoms with Crippen molar-refractivity contribution in [3.63, 3.8) is 0 Å². The third-order valence-electron chi connectivity index (χ3n) is 7.63. The van der Waals surface area contributed by atoms with E-state index in [0.29, 0.717) is 43.5 Å². The molecule has 37 heavy (non-hydrogen) atoms. The molecule has 4 rings (SSSR count). The zero-order chi connectivity index (χ0) is 26.4. The lowest BCUT2D eigenvalue weighted by molar-refractivity contribution is -0.142. The molecule has 0 radical (unpaired) electrons. The van der Waals surface area contributed by atoms with Gasteiger partial charge >= 0.3 is 5.97 Å². The normalized spacial score (nSPS) is 17.4. The summed E-state index contributed by atoms with van der Waals surface area (Å²) in [7, 11) is 1.92. The van der Waals surface area contributed by atoms with Crippen molar-refractivity contribution >= 4 is 23.5 Å². The van der Waals surface area contributed by atoms with Gasteiger partial charge in [0.2, 0.25) is 5.91 Å². The first-order chi connectivity index (χ1) is 17.8. The summed E-state index contributed by atoms with van der Waals surface area (Å²) in [5, 5.41) is 10.1. The summed E-state index contributed by atoms with van der Waals surface area (Å²) < 4.78 is 5.95. The summed E-state index contributed by atoms with van der Waals surface area (Å²) in [5.74, 6) is -0.207. The number of carbonyl (C=O) groups is 2. The Hall–Kier alpha value is -3.55. The molecule has 2 atom stereocenters. The van der Waals surface area contributed by atoms with Gasteiger partial charge in [0.15, 0.2) is 5.96 Å². The highest BCUT2D eigenvalue weighted by molar-refractivity contribution is 5.88. The van der Waals surface area contributed by atoms with E-state index in [9.17, 15) is 14.7 Å². The number of carboxylic acid groups (broad SMARTS) is 1. The van der Waals surface area contributed by atoms with Crippen molar-refractivity contribution in [1.82, 2.24) is 9.80 Å². The number of aliphatic carboxylic acids is 1. The molecule has 198 valence electrons. The van der Waals surface area contributed by atoms with Crippen LogP contribution in [0.1, 0.15) is 68.9 Å². The van der Waals surface area contributed by atoms with Crippen LogP contribution in [0.2, 0.25) is 0 Å². The Morgan fingerprint density at radius 2 is 1.89 bits per heavy atom. The molecular weight excluding hydrogens is 468 g/mol. The Balaban J connectivity index is 1.36. The zero-order valence-corrected chi connectivity index (χ0v) is 21.8. The number of fused-ring (bicyclic) bond motifs is 1. The molecule has 0 saturated heterocycles. The standard InChI is InChI=1S/C29H38N4O4/c1-20(21-10-5-3-6-11-21)27(28(35)36)33-19-22-18-24(15-16-25(22)31-29(33)30)37-17-9-14-26(34)32(2)23-12-7-4-8-13-23/h3,5-6,10-11,15-16,18,20,23,27H,4,7-9,12-14,17,19H2,1-2H3,(H2,30,31)(H,35,36). The van der Waals surface area contributed by atoms with Gasteiger partial charge in [0.1, 0.15) is 11.8 Å². The fraction of sp³-hybridized carbons (Fsp3) is 0.483. The molecule has 1 aliphatic heterocycles. The van der Waals surface area contributed by atoms with Gasteiger partial charge in [0.25, 0.3) is 0 Å². The number of guanidine groups is 1. The molecule has 1 heterocycles. The second kappa shape index (κ2) is 12.1. The van der Waals surface area contributed by atoms with E-state index in [-0.39, 0.29) is 17.8 Å². The lowest BCUT2D eigenvalue weighted by atomic mass is 9.91. The predicted octanol–water partition coefficient (Wildman–Crippen LogP) is 4.66. The minimum Gasteiger partial charge on any atom is -0.494 e. The lowest BCUT2D eigenvalue weighted by Gasteiger charge is -2.36.